The van der Waals surface area contributed by atoms with E-state index in [1.165, 1.54) is 0 Å². The van der Waals surface area contributed by atoms with Crippen LogP contribution in [0.5, 0.6) is 0 Å². The van der Waals surface area contributed by atoms with Crippen molar-refractivity contribution >= 4 is 28.8 Å². The fourth-order valence-corrected chi connectivity index (χ4v) is 2.00. The highest BCUT2D eigenvalue weighted by atomic mass is 127. The molecule has 58 valence electrons. The van der Waals surface area contributed by atoms with Gasteiger partial charge in [0.25, 0.3) is 0 Å². The van der Waals surface area contributed by atoms with Crippen molar-refractivity contribution in [2.75, 3.05) is 6.54 Å². The molecule has 3 nitrogen and oxygen atoms in total. The Morgan fingerprint density at radius 1 is 1.60 bits per heavy atom. The quantitative estimate of drug-likeness (QED) is 0.566. The van der Waals surface area contributed by atoms with Crippen LogP contribution in [0.25, 0.3) is 0 Å². The lowest BCUT2D eigenvalue weighted by Crippen LogP contribution is -2.37. The predicted octanol–water partition coefficient (Wildman–Crippen LogP) is 1.28. The molecule has 0 radical (unpaired) electrons. The average Bonchev–Trinajstić information content (AvgIpc) is 1.88. The van der Waals surface area contributed by atoms with Crippen LogP contribution in [0.2, 0.25) is 0 Å². The highest BCUT2D eigenvalue weighted by molar-refractivity contribution is 14.1. The number of carboxylic acids is 1. The third-order valence-corrected chi connectivity index (χ3v) is 2.88. The minimum absolute atomic E-state index is 0.241. The molecular weight excluding hydrogens is 245 g/mol. The number of rotatable bonds is 1. The molecule has 1 aliphatic heterocycles. The second kappa shape index (κ2) is 3.52. The summed E-state index contributed by atoms with van der Waals surface area (Å²) in [5, 5.41) is 8.66. The van der Waals surface area contributed by atoms with Crippen LogP contribution in [-0.2, 0) is 4.79 Å². The number of nitrogens with zero attached hydrogens (tertiary/aromatic N) is 1. The van der Waals surface area contributed by atoms with Gasteiger partial charge in [-0.15, -0.1) is 0 Å². The maximum Gasteiger partial charge on any atom is 0.321 e. The van der Waals surface area contributed by atoms with E-state index in [-0.39, 0.29) is 6.04 Å². The van der Waals surface area contributed by atoms with E-state index in [9.17, 15) is 4.79 Å². The Hall–Kier alpha value is 0.160. The summed E-state index contributed by atoms with van der Waals surface area (Å²) in [6, 6.07) is -0.241. The normalized spacial score (nSPS) is 28.3. The molecule has 4 heteroatoms. The number of carbonyl (C=O) groups is 1. The molecule has 0 aliphatic carbocycles. The van der Waals surface area contributed by atoms with Crippen molar-refractivity contribution in [2.24, 2.45) is 0 Å². The Bertz CT molecular complexity index is 140. The first-order chi connectivity index (χ1) is 4.72. The molecule has 0 bridgehead atoms. The van der Waals surface area contributed by atoms with E-state index in [4.69, 9.17) is 5.11 Å². The molecule has 1 saturated heterocycles. The van der Waals surface area contributed by atoms with Gasteiger partial charge < -0.3 is 5.11 Å². The van der Waals surface area contributed by atoms with Gasteiger partial charge in [-0.25, -0.2) is 3.11 Å². The lowest BCUT2D eigenvalue weighted by atomic mass is 10.1. The summed E-state index contributed by atoms with van der Waals surface area (Å²) in [7, 11) is 0. The van der Waals surface area contributed by atoms with Gasteiger partial charge in [0.05, 0.1) is 0 Å². The van der Waals surface area contributed by atoms with Crippen molar-refractivity contribution in [3.8, 4) is 0 Å². The summed E-state index contributed by atoms with van der Waals surface area (Å²) >= 11 is 2.09. The Morgan fingerprint density at radius 3 is 2.70 bits per heavy atom. The molecule has 0 unspecified atom stereocenters. The fourth-order valence-electron chi connectivity index (χ4n) is 1.14. The van der Waals surface area contributed by atoms with Gasteiger partial charge in [-0.1, -0.05) is 0 Å². The van der Waals surface area contributed by atoms with Gasteiger partial charge in [0.1, 0.15) is 6.04 Å². The summed E-state index contributed by atoms with van der Waals surface area (Å²) in [5.74, 6) is -0.686. The molecule has 0 aromatic rings. The second-order valence-corrected chi connectivity index (χ2v) is 3.71. The van der Waals surface area contributed by atoms with E-state index in [1.807, 2.05) is 3.11 Å². The van der Waals surface area contributed by atoms with Crippen LogP contribution in [0.4, 0.5) is 0 Å². The average molecular weight is 255 g/mol. The van der Waals surface area contributed by atoms with E-state index in [0.717, 1.165) is 25.8 Å². The van der Waals surface area contributed by atoms with E-state index < -0.39 is 5.97 Å². The molecule has 1 heterocycles. The third-order valence-electron chi connectivity index (χ3n) is 1.72. The van der Waals surface area contributed by atoms with Crippen LogP contribution >= 0.6 is 22.9 Å². The summed E-state index contributed by atoms with van der Waals surface area (Å²) in [4.78, 5) is 10.5. The van der Waals surface area contributed by atoms with Gasteiger partial charge in [-0.3, -0.25) is 4.79 Å². The van der Waals surface area contributed by atoms with Crippen molar-refractivity contribution < 1.29 is 9.90 Å². The van der Waals surface area contributed by atoms with Crippen LogP contribution in [0.15, 0.2) is 0 Å². The topological polar surface area (TPSA) is 40.5 Å². The van der Waals surface area contributed by atoms with Gasteiger partial charge in [0, 0.05) is 29.4 Å². The zero-order valence-corrected chi connectivity index (χ0v) is 7.74. The molecule has 0 aromatic heterocycles. The van der Waals surface area contributed by atoms with Gasteiger partial charge in [-0.2, -0.15) is 0 Å². The summed E-state index contributed by atoms with van der Waals surface area (Å²) in [6.07, 6.45) is 2.99. The molecule has 0 spiro atoms. The first-order valence-corrected chi connectivity index (χ1v) is 4.33. The Morgan fingerprint density at radius 2 is 2.30 bits per heavy atom. The van der Waals surface area contributed by atoms with Crippen molar-refractivity contribution in [3.63, 3.8) is 0 Å². The standard InChI is InChI=1S/C6H10INO2/c7-8-4-2-1-3-5(8)6(9)10/h5H,1-4H2,(H,9,10)/t5-/m0/s1. The zero-order chi connectivity index (χ0) is 7.56. The van der Waals surface area contributed by atoms with Crippen LogP contribution < -0.4 is 0 Å². The molecule has 1 atom stereocenters. The Kier molecular flexibility index (Phi) is 2.91. The first kappa shape index (κ1) is 8.26. The van der Waals surface area contributed by atoms with Crippen molar-refractivity contribution in [1.29, 1.82) is 0 Å². The summed E-state index contributed by atoms with van der Waals surface area (Å²) in [6.45, 7) is 0.914. The SMILES string of the molecule is O=C(O)[C@@H]1CCCCN1I. The first-order valence-electron chi connectivity index (χ1n) is 3.37. The summed E-state index contributed by atoms with van der Waals surface area (Å²) < 4.78 is 1.88. The lowest BCUT2D eigenvalue weighted by molar-refractivity contribution is -0.141. The van der Waals surface area contributed by atoms with Crippen molar-refractivity contribution in [2.45, 2.75) is 25.3 Å². The molecule has 1 rings (SSSR count). The maximum absolute atomic E-state index is 10.5. The van der Waals surface area contributed by atoms with E-state index in [2.05, 4.69) is 22.9 Å². The van der Waals surface area contributed by atoms with Crippen molar-refractivity contribution in [3.05, 3.63) is 0 Å². The summed E-state index contributed by atoms with van der Waals surface area (Å²) in [5.41, 5.74) is 0. The minimum atomic E-state index is -0.686. The number of carboxylic acid groups (broad SMARTS) is 1. The smallest absolute Gasteiger partial charge is 0.321 e. The van der Waals surface area contributed by atoms with E-state index in [1.54, 1.807) is 0 Å². The van der Waals surface area contributed by atoms with Crippen LogP contribution in [-0.4, -0.2) is 26.8 Å². The molecule has 1 fully saturated rings. The molecular formula is C6H10INO2. The monoisotopic (exact) mass is 255 g/mol. The number of hydrogen-bond acceptors (Lipinski definition) is 2. The predicted molar refractivity (Wildman–Crippen MR) is 46.0 cm³/mol. The van der Waals surface area contributed by atoms with Gasteiger partial charge in [-0.05, 0) is 19.3 Å². The molecule has 1 N–H and O–H groups in total. The van der Waals surface area contributed by atoms with Crippen LogP contribution in [0, 0.1) is 0 Å². The maximum atomic E-state index is 10.5. The zero-order valence-electron chi connectivity index (χ0n) is 5.59. The van der Waals surface area contributed by atoms with E-state index in [0.29, 0.717) is 0 Å². The van der Waals surface area contributed by atoms with Crippen LogP contribution in [0.3, 0.4) is 0 Å². The number of aliphatic carboxylic acids is 1. The molecule has 0 amide bonds. The molecule has 0 aromatic carbocycles. The molecule has 1 aliphatic rings. The Balaban J connectivity index is 2.47. The van der Waals surface area contributed by atoms with Gasteiger partial charge in [0.15, 0.2) is 0 Å². The highest BCUT2D eigenvalue weighted by Gasteiger charge is 2.26. The van der Waals surface area contributed by atoms with Gasteiger partial charge >= 0.3 is 5.97 Å². The van der Waals surface area contributed by atoms with Crippen molar-refractivity contribution in [1.82, 2.24) is 3.11 Å². The number of halogens is 1. The Labute approximate surface area is 73.9 Å². The highest BCUT2D eigenvalue weighted by Crippen LogP contribution is 2.20. The van der Waals surface area contributed by atoms with E-state index >= 15 is 0 Å². The van der Waals surface area contributed by atoms with Gasteiger partial charge in [0.2, 0.25) is 0 Å². The fraction of sp³-hybridized carbons (Fsp3) is 0.833. The molecule has 10 heavy (non-hydrogen) atoms. The van der Waals surface area contributed by atoms with Crippen LogP contribution in [0.1, 0.15) is 19.3 Å². The molecule has 0 saturated carbocycles. The number of hydrogen-bond donors (Lipinski definition) is 1. The second-order valence-electron chi connectivity index (χ2n) is 2.47. The number of piperidine rings is 1. The third kappa shape index (κ3) is 1.82. The minimum Gasteiger partial charge on any atom is -0.480 e. The lowest BCUT2D eigenvalue weighted by Gasteiger charge is -2.26. The largest absolute Gasteiger partial charge is 0.480 e.